The van der Waals surface area contributed by atoms with E-state index in [1.807, 2.05) is 0 Å². The maximum atomic E-state index is 12.3. The van der Waals surface area contributed by atoms with Gasteiger partial charge in [-0.2, -0.15) is 0 Å². The molecular weight excluding hydrogens is 301 g/mol. The molecule has 0 unspecified atom stereocenters. The largest absolute Gasteiger partial charge is 0.573 e. The molecule has 22 heavy (non-hydrogen) atoms. The highest BCUT2D eigenvalue weighted by atomic mass is 19.4. The lowest BCUT2D eigenvalue weighted by Crippen LogP contribution is -2.46. The minimum Gasteiger partial charge on any atom is -0.496 e. The number of aliphatic hydroxyl groups excluding tert-OH is 1. The van der Waals surface area contributed by atoms with Crippen molar-refractivity contribution in [2.24, 2.45) is 0 Å². The summed E-state index contributed by atoms with van der Waals surface area (Å²) in [6.07, 6.45) is -4.75. The number of benzene rings is 1. The summed E-state index contributed by atoms with van der Waals surface area (Å²) in [7, 11) is 1.38. The molecular formula is C14H19F3N2O3. The van der Waals surface area contributed by atoms with E-state index >= 15 is 0 Å². The number of alkyl halides is 3. The molecule has 0 spiro atoms. The van der Waals surface area contributed by atoms with Gasteiger partial charge in [0.25, 0.3) is 0 Å². The second-order valence-electron chi connectivity index (χ2n) is 4.94. The number of hydrogen-bond acceptors (Lipinski definition) is 5. The maximum absolute atomic E-state index is 12.3. The summed E-state index contributed by atoms with van der Waals surface area (Å²) in [4.78, 5) is 2.07. The minimum atomic E-state index is -4.75. The Morgan fingerprint density at radius 2 is 2.00 bits per heavy atom. The molecule has 2 N–H and O–H groups in total. The standard InChI is InChI=1S/C14H19F3N2O3/c1-21-13-8-10(22-14(15,16)17)2-3-11(13)12(9-20)19-6-4-18-5-7-19/h2-3,8,12,18,20H,4-7,9H2,1H3/t12-/m1/s1. The van der Waals surface area contributed by atoms with Crippen molar-refractivity contribution < 1.29 is 27.8 Å². The number of aliphatic hydroxyl groups is 1. The van der Waals surface area contributed by atoms with Gasteiger partial charge in [-0.1, -0.05) is 0 Å². The molecule has 0 amide bonds. The van der Waals surface area contributed by atoms with Crippen LogP contribution in [0.25, 0.3) is 0 Å². The number of rotatable bonds is 5. The molecule has 1 atom stereocenters. The highest BCUT2D eigenvalue weighted by Gasteiger charge is 2.32. The fraction of sp³-hybridized carbons (Fsp3) is 0.571. The van der Waals surface area contributed by atoms with Crippen LogP contribution in [0, 0.1) is 0 Å². The summed E-state index contributed by atoms with van der Waals surface area (Å²) >= 11 is 0. The zero-order valence-electron chi connectivity index (χ0n) is 12.2. The lowest BCUT2D eigenvalue weighted by atomic mass is 10.0. The van der Waals surface area contributed by atoms with Gasteiger partial charge in [0.05, 0.1) is 19.8 Å². The van der Waals surface area contributed by atoms with Crippen molar-refractivity contribution in [3.8, 4) is 11.5 Å². The number of methoxy groups -OCH3 is 1. The third-order valence-electron chi connectivity index (χ3n) is 3.56. The molecule has 8 heteroatoms. The first-order valence-corrected chi connectivity index (χ1v) is 6.94. The van der Waals surface area contributed by atoms with Crippen molar-refractivity contribution in [1.29, 1.82) is 0 Å². The lowest BCUT2D eigenvalue weighted by Gasteiger charge is -2.34. The van der Waals surface area contributed by atoms with Crippen molar-refractivity contribution in [2.75, 3.05) is 39.9 Å². The summed E-state index contributed by atoms with van der Waals surface area (Å²) in [5.41, 5.74) is 0.640. The average molecular weight is 320 g/mol. The van der Waals surface area contributed by atoms with E-state index in [1.165, 1.54) is 25.3 Å². The Hall–Kier alpha value is -1.51. The second-order valence-corrected chi connectivity index (χ2v) is 4.94. The molecule has 1 fully saturated rings. The van der Waals surface area contributed by atoms with Gasteiger partial charge in [-0.3, -0.25) is 4.90 Å². The van der Waals surface area contributed by atoms with Gasteiger partial charge in [-0.05, 0) is 12.1 Å². The van der Waals surface area contributed by atoms with Crippen LogP contribution in [0.5, 0.6) is 11.5 Å². The van der Waals surface area contributed by atoms with Crippen LogP contribution in [0.15, 0.2) is 18.2 Å². The van der Waals surface area contributed by atoms with Crippen LogP contribution in [0.1, 0.15) is 11.6 Å². The summed E-state index contributed by atoms with van der Waals surface area (Å²) in [5.74, 6) is -0.0792. The SMILES string of the molecule is COc1cc(OC(F)(F)F)ccc1[C@@H](CO)N1CCNCC1. The highest BCUT2D eigenvalue weighted by Crippen LogP contribution is 2.34. The van der Waals surface area contributed by atoms with Crippen molar-refractivity contribution in [3.63, 3.8) is 0 Å². The Morgan fingerprint density at radius 1 is 1.32 bits per heavy atom. The molecule has 1 aliphatic rings. The fourth-order valence-electron chi connectivity index (χ4n) is 2.57. The van der Waals surface area contributed by atoms with Gasteiger partial charge in [0.2, 0.25) is 0 Å². The van der Waals surface area contributed by atoms with E-state index in [2.05, 4.69) is 15.0 Å². The van der Waals surface area contributed by atoms with Crippen molar-refractivity contribution in [3.05, 3.63) is 23.8 Å². The van der Waals surface area contributed by atoms with E-state index in [4.69, 9.17) is 4.74 Å². The molecule has 0 bridgehead atoms. The first-order valence-electron chi connectivity index (χ1n) is 6.94. The molecule has 0 aromatic heterocycles. The zero-order valence-corrected chi connectivity index (χ0v) is 12.2. The lowest BCUT2D eigenvalue weighted by molar-refractivity contribution is -0.274. The third-order valence-corrected chi connectivity index (χ3v) is 3.56. The van der Waals surface area contributed by atoms with Crippen LogP contribution in [0.4, 0.5) is 13.2 Å². The van der Waals surface area contributed by atoms with Gasteiger partial charge in [0, 0.05) is 37.8 Å². The van der Waals surface area contributed by atoms with Crippen LogP contribution < -0.4 is 14.8 Å². The molecule has 1 saturated heterocycles. The Balaban J connectivity index is 2.24. The van der Waals surface area contributed by atoms with Gasteiger partial charge in [-0.25, -0.2) is 0 Å². The van der Waals surface area contributed by atoms with E-state index in [1.54, 1.807) is 0 Å². The number of hydrogen-bond donors (Lipinski definition) is 2. The predicted octanol–water partition coefficient (Wildman–Crippen LogP) is 1.53. The Bertz CT molecular complexity index is 491. The molecule has 2 rings (SSSR count). The number of nitrogens with zero attached hydrogens (tertiary/aromatic N) is 1. The van der Waals surface area contributed by atoms with E-state index in [9.17, 15) is 18.3 Å². The molecule has 5 nitrogen and oxygen atoms in total. The smallest absolute Gasteiger partial charge is 0.496 e. The second kappa shape index (κ2) is 7.17. The van der Waals surface area contributed by atoms with Gasteiger partial charge in [0.1, 0.15) is 11.5 Å². The Labute approximate surface area is 126 Å². The van der Waals surface area contributed by atoms with Crippen molar-refractivity contribution >= 4 is 0 Å². The normalized spacial score (nSPS) is 18.0. The predicted molar refractivity (Wildman–Crippen MR) is 73.9 cm³/mol. The summed E-state index contributed by atoms with van der Waals surface area (Å²) in [6.45, 7) is 2.95. The van der Waals surface area contributed by atoms with Gasteiger partial charge in [0.15, 0.2) is 0 Å². The summed E-state index contributed by atoms with van der Waals surface area (Å²) < 4.78 is 45.9. The molecule has 0 radical (unpaired) electrons. The van der Waals surface area contributed by atoms with E-state index in [0.29, 0.717) is 5.56 Å². The minimum absolute atomic E-state index is 0.143. The number of piperazine rings is 1. The first-order chi connectivity index (χ1) is 10.4. The number of ether oxygens (including phenoxy) is 2. The monoisotopic (exact) mass is 320 g/mol. The van der Waals surface area contributed by atoms with E-state index in [-0.39, 0.29) is 24.1 Å². The molecule has 1 heterocycles. The summed E-state index contributed by atoms with van der Waals surface area (Å²) in [6, 6.07) is 3.60. The van der Waals surface area contributed by atoms with Crippen LogP contribution in [-0.4, -0.2) is 56.3 Å². The van der Waals surface area contributed by atoms with Crippen LogP contribution >= 0.6 is 0 Å². The number of halogens is 3. The molecule has 1 aromatic rings. The number of nitrogens with one attached hydrogen (secondary N) is 1. The van der Waals surface area contributed by atoms with Gasteiger partial charge in [-0.15, -0.1) is 13.2 Å². The first kappa shape index (κ1) is 16.9. The van der Waals surface area contributed by atoms with Crippen LogP contribution in [-0.2, 0) is 0 Å². The average Bonchev–Trinajstić information content (AvgIpc) is 2.48. The van der Waals surface area contributed by atoms with Crippen LogP contribution in [0.3, 0.4) is 0 Å². The quantitative estimate of drug-likeness (QED) is 0.862. The Morgan fingerprint density at radius 3 is 2.55 bits per heavy atom. The maximum Gasteiger partial charge on any atom is 0.573 e. The fourth-order valence-corrected chi connectivity index (χ4v) is 2.57. The van der Waals surface area contributed by atoms with Crippen molar-refractivity contribution in [2.45, 2.75) is 12.4 Å². The molecule has 124 valence electrons. The Kier molecular flexibility index (Phi) is 5.49. The molecule has 1 aromatic carbocycles. The molecule has 0 aliphatic carbocycles. The third kappa shape index (κ3) is 4.25. The van der Waals surface area contributed by atoms with Gasteiger partial charge >= 0.3 is 6.36 Å². The zero-order chi connectivity index (χ0) is 16.2. The van der Waals surface area contributed by atoms with E-state index in [0.717, 1.165) is 26.2 Å². The summed E-state index contributed by atoms with van der Waals surface area (Å²) in [5, 5.41) is 12.9. The van der Waals surface area contributed by atoms with E-state index < -0.39 is 6.36 Å². The topological polar surface area (TPSA) is 54.0 Å². The van der Waals surface area contributed by atoms with Gasteiger partial charge < -0.3 is 19.9 Å². The van der Waals surface area contributed by atoms with Crippen molar-refractivity contribution in [1.82, 2.24) is 10.2 Å². The highest BCUT2D eigenvalue weighted by molar-refractivity contribution is 5.42. The molecule has 1 aliphatic heterocycles. The molecule has 0 saturated carbocycles. The van der Waals surface area contributed by atoms with Crippen LogP contribution in [0.2, 0.25) is 0 Å².